The summed E-state index contributed by atoms with van der Waals surface area (Å²) in [6.45, 7) is 9.94. The molecule has 1 aliphatic heterocycles. The van der Waals surface area contributed by atoms with Gasteiger partial charge < -0.3 is 9.80 Å². The fourth-order valence-electron chi connectivity index (χ4n) is 7.01. The van der Waals surface area contributed by atoms with Crippen LogP contribution in [0.4, 0.5) is 0 Å². The zero-order chi connectivity index (χ0) is 22.9. The molecule has 3 atom stereocenters. The summed E-state index contributed by atoms with van der Waals surface area (Å²) in [5, 5.41) is 0. The van der Waals surface area contributed by atoms with Crippen LogP contribution in [0, 0.1) is 29.1 Å². The molecule has 3 aliphatic carbocycles. The number of carbonyl (C=O) groups excluding carboxylic acids is 2. The Morgan fingerprint density at radius 1 is 1.06 bits per heavy atom. The largest absolute Gasteiger partial charge is 0.342 e. The summed E-state index contributed by atoms with van der Waals surface area (Å²) in [5.74, 6) is 2.74. The minimum absolute atomic E-state index is 0.205. The van der Waals surface area contributed by atoms with Crippen LogP contribution in [0.3, 0.4) is 0 Å². The Labute approximate surface area is 196 Å². The van der Waals surface area contributed by atoms with E-state index < -0.39 is 0 Å². The molecule has 0 bridgehead atoms. The van der Waals surface area contributed by atoms with Gasteiger partial charge in [0, 0.05) is 26.1 Å². The second kappa shape index (κ2) is 9.50. The van der Waals surface area contributed by atoms with Crippen molar-refractivity contribution in [3.63, 3.8) is 0 Å². The van der Waals surface area contributed by atoms with Crippen LogP contribution in [-0.4, -0.2) is 47.3 Å². The van der Waals surface area contributed by atoms with Gasteiger partial charge in [0.25, 0.3) is 0 Å². The summed E-state index contributed by atoms with van der Waals surface area (Å²) in [5.41, 5.74) is -0.536. The third-order valence-electron chi connectivity index (χ3n) is 9.76. The lowest BCUT2D eigenvalue weighted by atomic mass is 9.81. The standard InChI is InChI=1S/C28H46N2O2/c1-5-27(2,3)29(4)26(32)28(17-15-21-11-7-6-8-12-21)19-24(28)23-16-18-30(20-23)25(31)22-13-9-10-14-22/h5,21-24H,1,6-20H2,2-4H3/t23?,24?,28-/m0/s1. The van der Waals surface area contributed by atoms with Crippen molar-refractivity contribution in [2.45, 2.75) is 103 Å². The summed E-state index contributed by atoms with van der Waals surface area (Å²) in [7, 11) is 1.96. The van der Waals surface area contributed by atoms with Crippen molar-refractivity contribution in [1.29, 1.82) is 0 Å². The van der Waals surface area contributed by atoms with Gasteiger partial charge in [0.15, 0.2) is 0 Å². The van der Waals surface area contributed by atoms with Crippen LogP contribution in [0.25, 0.3) is 0 Å². The predicted octanol–water partition coefficient (Wildman–Crippen LogP) is 5.81. The summed E-state index contributed by atoms with van der Waals surface area (Å²) >= 11 is 0. The number of nitrogens with zero attached hydrogens (tertiary/aromatic N) is 2. The third-order valence-corrected chi connectivity index (χ3v) is 9.76. The van der Waals surface area contributed by atoms with Crippen molar-refractivity contribution in [3.05, 3.63) is 12.7 Å². The Kier molecular flexibility index (Phi) is 7.08. The molecule has 1 saturated heterocycles. The van der Waals surface area contributed by atoms with Gasteiger partial charge in [-0.15, -0.1) is 6.58 Å². The van der Waals surface area contributed by atoms with Gasteiger partial charge in [-0.2, -0.15) is 0 Å². The monoisotopic (exact) mass is 442 g/mol. The number of rotatable bonds is 8. The molecule has 4 rings (SSSR count). The molecular formula is C28H46N2O2. The first-order valence-corrected chi connectivity index (χ1v) is 13.5. The third kappa shape index (κ3) is 4.66. The quantitative estimate of drug-likeness (QED) is 0.445. The zero-order valence-corrected chi connectivity index (χ0v) is 20.9. The number of hydrogen-bond donors (Lipinski definition) is 0. The summed E-state index contributed by atoms with van der Waals surface area (Å²) < 4.78 is 0. The maximum Gasteiger partial charge on any atom is 0.229 e. The van der Waals surface area contributed by atoms with Crippen LogP contribution in [0.15, 0.2) is 12.7 Å². The Balaban J connectivity index is 1.44. The Morgan fingerprint density at radius 2 is 1.72 bits per heavy atom. The van der Waals surface area contributed by atoms with Gasteiger partial charge in [-0.05, 0) is 70.1 Å². The molecule has 4 heteroatoms. The topological polar surface area (TPSA) is 40.6 Å². The van der Waals surface area contributed by atoms with E-state index in [2.05, 4.69) is 25.3 Å². The maximum absolute atomic E-state index is 13.9. The molecule has 0 N–H and O–H groups in total. The van der Waals surface area contributed by atoms with E-state index in [1.54, 1.807) is 0 Å². The highest BCUT2D eigenvalue weighted by molar-refractivity contribution is 5.87. The van der Waals surface area contributed by atoms with Crippen LogP contribution < -0.4 is 0 Å². The number of hydrogen-bond acceptors (Lipinski definition) is 2. The van der Waals surface area contributed by atoms with Crippen molar-refractivity contribution in [2.75, 3.05) is 20.1 Å². The van der Waals surface area contributed by atoms with Crippen LogP contribution in [0.2, 0.25) is 0 Å². The average molecular weight is 443 g/mol. The van der Waals surface area contributed by atoms with Crippen molar-refractivity contribution < 1.29 is 9.59 Å². The number of carbonyl (C=O) groups is 2. The molecule has 1 heterocycles. The maximum atomic E-state index is 13.9. The van der Waals surface area contributed by atoms with Gasteiger partial charge in [0.2, 0.25) is 11.8 Å². The first-order valence-electron chi connectivity index (χ1n) is 13.5. The van der Waals surface area contributed by atoms with Crippen molar-refractivity contribution >= 4 is 11.8 Å². The molecular weight excluding hydrogens is 396 g/mol. The van der Waals surface area contributed by atoms with E-state index >= 15 is 0 Å². The lowest BCUT2D eigenvalue weighted by molar-refractivity contribution is -0.140. The van der Waals surface area contributed by atoms with Crippen LogP contribution in [0.5, 0.6) is 0 Å². The fraction of sp³-hybridized carbons (Fsp3) is 0.857. The average Bonchev–Trinajstić information content (AvgIpc) is 3.18. The molecule has 0 aromatic rings. The molecule has 2 unspecified atom stereocenters. The lowest BCUT2D eigenvalue weighted by Gasteiger charge is -2.37. The summed E-state index contributed by atoms with van der Waals surface area (Å²) in [6.07, 6.45) is 17.6. The molecule has 0 aromatic heterocycles. The highest BCUT2D eigenvalue weighted by atomic mass is 16.2. The fourth-order valence-corrected chi connectivity index (χ4v) is 7.01. The van der Waals surface area contributed by atoms with E-state index in [1.807, 2.05) is 18.0 Å². The number of amides is 2. The Bertz CT molecular complexity index is 704. The highest BCUT2D eigenvalue weighted by Gasteiger charge is 2.64. The second-order valence-electron chi connectivity index (χ2n) is 12.0. The minimum Gasteiger partial charge on any atom is -0.342 e. The second-order valence-corrected chi connectivity index (χ2v) is 12.0. The molecule has 32 heavy (non-hydrogen) atoms. The van der Waals surface area contributed by atoms with Crippen LogP contribution in [-0.2, 0) is 9.59 Å². The minimum atomic E-state index is -0.331. The molecule has 2 amide bonds. The number of likely N-dealkylation sites (N-methyl/N-ethyl adjacent to an activating group) is 1. The van der Waals surface area contributed by atoms with Crippen molar-refractivity contribution in [3.8, 4) is 0 Å². The molecule has 4 aliphatic rings. The van der Waals surface area contributed by atoms with E-state index in [9.17, 15) is 9.59 Å². The van der Waals surface area contributed by atoms with Gasteiger partial charge >= 0.3 is 0 Å². The number of likely N-dealkylation sites (tertiary alicyclic amines) is 1. The first-order chi connectivity index (χ1) is 15.3. The van der Waals surface area contributed by atoms with E-state index in [0.29, 0.717) is 23.7 Å². The zero-order valence-electron chi connectivity index (χ0n) is 20.9. The van der Waals surface area contributed by atoms with E-state index in [4.69, 9.17) is 0 Å². The van der Waals surface area contributed by atoms with Gasteiger partial charge in [-0.3, -0.25) is 9.59 Å². The Morgan fingerprint density at radius 3 is 2.38 bits per heavy atom. The van der Waals surface area contributed by atoms with E-state index in [1.165, 1.54) is 51.4 Å². The van der Waals surface area contributed by atoms with Crippen molar-refractivity contribution in [2.24, 2.45) is 29.1 Å². The molecule has 4 fully saturated rings. The van der Waals surface area contributed by atoms with E-state index in [-0.39, 0.29) is 16.9 Å². The highest BCUT2D eigenvalue weighted by Crippen LogP contribution is 2.63. The normalized spacial score (nSPS) is 31.7. The van der Waals surface area contributed by atoms with Crippen LogP contribution in [0.1, 0.15) is 97.3 Å². The summed E-state index contributed by atoms with van der Waals surface area (Å²) in [6, 6.07) is 0. The summed E-state index contributed by atoms with van der Waals surface area (Å²) in [4.78, 5) is 31.0. The molecule has 0 aromatic carbocycles. The lowest BCUT2D eigenvalue weighted by Crippen LogP contribution is -2.47. The van der Waals surface area contributed by atoms with Gasteiger partial charge in [-0.1, -0.05) is 51.0 Å². The Hall–Kier alpha value is -1.32. The predicted molar refractivity (Wildman–Crippen MR) is 130 cm³/mol. The van der Waals surface area contributed by atoms with Gasteiger partial charge in [0.1, 0.15) is 0 Å². The van der Waals surface area contributed by atoms with Crippen LogP contribution >= 0.6 is 0 Å². The smallest absolute Gasteiger partial charge is 0.229 e. The molecule has 3 saturated carbocycles. The SMILES string of the molecule is C=CC(C)(C)N(C)C(=O)[C@@]1(CCC2CCCCC2)CC1C1CCN(C(=O)C2CCCC2)C1. The van der Waals surface area contributed by atoms with Gasteiger partial charge in [0.05, 0.1) is 11.0 Å². The first kappa shape index (κ1) is 23.8. The van der Waals surface area contributed by atoms with Crippen molar-refractivity contribution in [1.82, 2.24) is 9.80 Å². The molecule has 180 valence electrons. The molecule has 0 radical (unpaired) electrons. The van der Waals surface area contributed by atoms with E-state index in [0.717, 1.165) is 51.1 Å². The molecule has 4 nitrogen and oxygen atoms in total. The molecule has 0 spiro atoms. The van der Waals surface area contributed by atoms with Gasteiger partial charge in [-0.25, -0.2) is 0 Å².